The molecule has 0 bridgehead atoms. The number of aliphatic hydroxyl groups is 1. The van der Waals surface area contributed by atoms with Gasteiger partial charge < -0.3 is 9.84 Å². The molecular weight excluding hydrogens is 236 g/mol. The Morgan fingerprint density at radius 1 is 1.32 bits per heavy atom. The highest BCUT2D eigenvalue weighted by atomic mass is 16.5. The van der Waals surface area contributed by atoms with Crippen molar-refractivity contribution in [3.63, 3.8) is 0 Å². The standard InChI is InChI=1S/C17H26O2/c1-5-17(6-2)15(18)11-16(17)19-14-9-7-8-13(10-14)12(3)4/h7-10,12,15-16,18H,5-6,11H2,1-4H3. The van der Waals surface area contributed by atoms with Gasteiger partial charge in [0.05, 0.1) is 6.10 Å². The SMILES string of the molecule is CCC1(CC)C(O)CC1Oc1cccc(C(C)C)c1. The van der Waals surface area contributed by atoms with Crippen LogP contribution in [0.2, 0.25) is 0 Å². The molecule has 0 saturated heterocycles. The van der Waals surface area contributed by atoms with Crippen molar-refractivity contribution in [3.05, 3.63) is 29.8 Å². The molecule has 19 heavy (non-hydrogen) atoms. The van der Waals surface area contributed by atoms with Gasteiger partial charge in [-0.05, 0) is 36.5 Å². The van der Waals surface area contributed by atoms with Crippen molar-refractivity contribution in [2.45, 2.75) is 65.1 Å². The summed E-state index contributed by atoms with van der Waals surface area (Å²) in [5.41, 5.74) is 1.25. The van der Waals surface area contributed by atoms with Crippen LogP contribution in [0, 0.1) is 5.41 Å². The molecule has 1 N–H and O–H groups in total. The van der Waals surface area contributed by atoms with Gasteiger partial charge in [0.2, 0.25) is 0 Å². The van der Waals surface area contributed by atoms with Gasteiger partial charge in [0.25, 0.3) is 0 Å². The molecule has 1 saturated carbocycles. The molecule has 0 spiro atoms. The minimum Gasteiger partial charge on any atom is -0.490 e. The zero-order valence-corrected chi connectivity index (χ0v) is 12.5. The molecule has 1 aromatic rings. The zero-order chi connectivity index (χ0) is 14.0. The molecule has 2 rings (SSSR count). The second-order valence-electron chi connectivity index (χ2n) is 6.03. The van der Waals surface area contributed by atoms with Crippen LogP contribution in [0.1, 0.15) is 58.4 Å². The van der Waals surface area contributed by atoms with Crippen molar-refractivity contribution in [2.24, 2.45) is 5.41 Å². The molecular formula is C17H26O2. The Kier molecular flexibility index (Phi) is 4.19. The van der Waals surface area contributed by atoms with E-state index in [1.165, 1.54) is 5.56 Å². The summed E-state index contributed by atoms with van der Waals surface area (Å²) in [4.78, 5) is 0. The van der Waals surface area contributed by atoms with Crippen LogP contribution < -0.4 is 4.74 Å². The van der Waals surface area contributed by atoms with Crippen molar-refractivity contribution < 1.29 is 9.84 Å². The molecule has 106 valence electrons. The van der Waals surface area contributed by atoms with E-state index in [1.807, 2.05) is 6.07 Å². The summed E-state index contributed by atoms with van der Waals surface area (Å²) >= 11 is 0. The Morgan fingerprint density at radius 3 is 2.53 bits per heavy atom. The topological polar surface area (TPSA) is 29.5 Å². The maximum absolute atomic E-state index is 10.1. The number of hydrogen-bond donors (Lipinski definition) is 1. The average Bonchev–Trinajstić information content (AvgIpc) is 2.40. The van der Waals surface area contributed by atoms with E-state index < -0.39 is 0 Å². The third-order valence-corrected chi connectivity index (χ3v) is 4.86. The number of hydrogen-bond acceptors (Lipinski definition) is 2. The highest BCUT2D eigenvalue weighted by Gasteiger charge is 2.53. The molecule has 0 aromatic heterocycles. The van der Waals surface area contributed by atoms with Gasteiger partial charge in [0.1, 0.15) is 11.9 Å². The van der Waals surface area contributed by atoms with Crippen molar-refractivity contribution in [2.75, 3.05) is 0 Å². The Morgan fingerprint density at radius 2 is 2.00 bits per heavy atom. The van der Waals surface area contributed by atoms with E-state index in [1.54, 1.807) is 0 Å². The van der Waals surface area contributed by atoms with Crippen LogP contribution in [0.4, 0.5) is 0 Å². The number of benzene rings is 1. The fourth-order valence-corrected chi connectivity index (χ4v) is 3.18. The first-order valence-corrected chi connectivity index (χ1v) is 7.48. The molecule has 0 amide bonds. The van der Waals surface area contributed by atoms with E-state index in [4.69, 9.17) is 4.74 Å². The normalized spacial score (nSPS) is 25.2. The van der Waals surface area contributed by atoms with E-state index in [0.717, 1.165) is 25.0 Å². The Labute approximate surface area is 116 Å². The quantitative estimate of drug-likeness (QED) is 0.864. The fraction of sp³-hybridized carbons (Fsp3) is 0.647. The smallest absolute Gasteiger partial charge is 0.120 e. The van der Waals surface area contributed by atoms with Gasteiger partial charge in [-0.15, -0.1) is 0 Å². The molecule has 2 heteroatoms. The van der Waals surface area contributed by atoms with Gasteiger partial charge in [-0.25, -0.2) is 0 Å². The van der Waals surface area contributed by atoms with E-state index in [2.05, 4.69) is 45.9 Å². The molecule has 1 aromatic carbocycles. The summed E-state index contributed by atoms with van der Waals surface area (Å²) < 4.78 is 6.15. The monoisotopic (exact) mass is 262 g/mol. The molecule has 0 heterocycles. The van der Waals surface area contributed by atoms with Crippen molar-refractivity contribution in [1.29, 1.82) is 0 Å². The second kappa shape index (κ2) is 5.54. The van der Waals surface area contributed by atoms with Gasteiger partial charge in [-0.2, -0.15) is 0 Å². The number of aliphatic hydroxyl groups excluding tert-OH is 1. The molecule has 1 aliphatic rings. The third-order valence-electron chi connectivity index (χ3n) is 4.86. The Balaban J connectivity index is 2.12. The van der Waals surface area contributed by atoms with Crippen molar-refractivity contribution >= 4 is 0 Å². The summed E-state index contributed by atoms with van der Waals surface area (Å²) in [6, 6.07) is 8.34. The molecule has 0 aliphatic heterocycles. The second-order valence-corrected chi connectivity index (χ2v) is 6.03. The van der Waals surface area contributed by atoms with E-state index in [0.29, 0.717) is 5.92 Å². The lowest BCUT2D eigenvalue weighted by Crippen LogP contribution is -2.59. The molecule has 0 radical (unpaired) electrons. The largest absolute Gasteiger partial charge is 0.490 e. The molecule has 1 fully saturated rings. The summed E-state index contributed by atoms with van der Waals surface area (Å²) in [6.45, 7) is 8.67. The third kappa shape index (κ3) is 2.51. The number of ether oxygens (including phenoxy) is 1. The predicted octanol–water partition coefficient (Wildman–Crippen LogP) is 4.13. The first-order valence-electron chi connectivity index (χ1n) is 7.48. The maximum Gasteiger partial charge on any atom is 0.120 e. The van der Waals surface area contributed by atoms with Crippen LogP contribution in [0.5, 0.6) is 5.75 Å². The molecule has 2 atom stereocenters. The van der Waals surface area contributed by atoms with E-state index in [-0.39, 0.29) is 17.6 Å². The maximum atomic E-state index is 10.1. The van der Waals surface area contributed by atoms with Gasteiger partial charge in [0.15, 0.2) is 0 Å². The fourth-order valence-electron chi connectivity index (χ4n) is 3.18. The average molecular weight is 262 g/mol. The highest BCUT2D eigenvalue weighted by Crippen LogP contribution is 2.48. The van der Waals surface area contributed by atoms with Gasteiger partial charge in [-0.3, -0.25) is 0 Å². The lowest BCUT2D eigenvalue weighted by atomic mass is 9.60. The van der Waals surface area contributed by atoms with Crippen LogP contribution in [-0.4, -0.2) is 17.3 Å². The van der Waals surface area contributed by atoms with Crippen LogP contribution >= 0.6 is 0 Å². The molecule has 2 nitrogen and oxygen atoms in total. The minimum atomic E-state index is -0.208. The van der Waals surface area contributed by atoms with Crippen LogP contribution in [-0.2, 0) is 0 Å². The van der Waals surface area contributed by atoms with Crippen LogP contribution in [0.15, 0.2) is 24.3 Å². The molecule has 2 unspecified atom stereocenters. The zero-order valence-electron chi connectivity index (χ0n) is 12.5. The number of rotatable bonds is 5. The van der Waals surface area contributed by atoms with Crippen molar-refractivity contribution in [1.82, 2.24) is 0 Å². The van der Waals surface area contributed by atoms with Gasteiger partial charge in [0, 0.05) is 11.8 Å². The first-order chi connectivity index (χ1) is 9.03. The summed E-state index contributed by atoms with van der Waals surface area (Å²) in [5, 5.41) is 10.1. The Hall–Kier alpha value is -1.02. The van der Waals surface area contributed by atoms with Crippen LogP contribution in [0.3, 0.4) is 0 Å². The first kappa shape index (κ1) is 14.4. The predicted molar refractivity (Wildman–Crippen MR) is 78.6 cm³/mol. The summed E-state index contributed by atoms with van der Waals surface area (Å²) in [6.07, 6.45) is 2.65. The Bertz CT molecular complexity index is 421. The van der Waals surface area contributed by atoms with Crippen molar-refractivity contribution in [3.8, 4) is 5.75 Å². The van der Waals surface area contributed by atoms with E-state index >= 15 is 0 Å². The minimum absolute atomic E-state index is 0.0478. The summed E-state index contributed by atoms with van der Waals surface area (Å²) in [7, 11) is 0. The lowest BCUT2D eigenvalue weighted by molar-refractivity contribution is -0.159. The summed E-state index contributed by atoms with van der Waals surface area (Å²) in [5.74, 6) is 1.45. The van der Waals surface area contributed by atoms with Gasteiger partial charge >= 0.3 is 0 Å². The van der Waals surface area contributed by atoms with Crippen LogP contribution in [0.25, 0.3) is 0 Å². The molecule has 1 aliphatic carbocycles. The lowest BCUT2D eigenvalue weighted by Gasteiger charge is -2.52. The highest BCUT2D eigenvalue weighted by molar-refractivity contribution is 5.31. The van der Waals surface area contributed by atoms with Gasteiger partial charge in [-0.1, -0.05) is 39.8 Å². The van der Waals surface area contributed by atoms with E-state index in [9.17, 15) is 5.11 Å².